The molecule has 0 saturated carbocycles. The van der Waals surface area contributed by atoms with Crippen LogP contribution in [0.5, 0.6) is 0 Å². The number of carbonyl (C=O) groups is 1. The van der Waals surface area contributed by atoms with E-state index in [4.69, 9.17) is 5.73 Å². The summed E-state index contributed by atoms with van der Waals surface area (Å²) in [6.45, 7) is 1.69. The van der Waals surface area contributed by atoms with Crippen molar-refractivity contribution in [3.05, 3.63) is 71.6 Å². The number of nitrogens with zero attached hydrogens (tertiary/aromatic N) is 4. The van der Waals surface area contributed by atoms with E-state index >= 15 is 0 Å². The van der Waals surface area contributed by atoms with Gasteiger partial charge in [0.1, 0.15) is 22.9 Å². The number of fused-ring (bicyclic) bond motifs is 1. The van der Waals surface area contributed by atoms with Crippen molar-refractivity contribution in [2.24, 2.45) is 0 Å². The maximum absolute atomic E-state index is 14.2. The van der Waals surface area contributed by atoms with Gasteiger partial charge in [-0.25, -0.2) is 18.0 Å². The number of pyridine rings is 1. The smallest absolute Gasteiger partial charge is 0.262 e. The largest absolute Gasteiger partial charge is 0.382 e. The molecule has 0 fully saturated rings. The molecule has 1 aromatic carbocycles. The van der Waals surface area contributed by atoms with Gasteiger partial charge in [0, 0.05) is 18.3 Å². The van der Waals surface area contributed by atoms with E-state index < -0.39 is 17.5 Å². The molecule has 0 radical (unpaired) electrons. The maximum Gasteiger partial charge on any atom is 0.262 e. The lowest BCUT2D eigenvalue weighted by Gasteiger charge is -2.10. The molecule has 0 aliphatic carbocycles. The summed E-state index contributed by atoms with van der Waals surface area (Å²) in [6.07, 6.45) is 1.67. The van der Waals surface area contributed by atoms with Crippen LogP contribution >= 0.6 is 0 Å². The molecule has 0 atom stereocenters. The van der Waals surface area contributed by atoms with Crippen molar-refractivity contribution >= 4 is 23.1 Å². The number of carbonyl (C=O) groups excluding carboxylic acids is 1. The second-order valence-corrected chi connectivity index (χ2v) is 5.92. The number of nitrogens with two attached hydrogens (primary N) is 1. The summed E-state index contributed by atoms with van der Waals surface area (Å²) in [4.78, 5) is 12.8. The molecular weight excluding hydrogens is 354 g/mol. The van der Waals surface area contributed by atoms with Gasteiger partial charge in [-0.2, -0.15) is 5.10 Å². The molecule has 3 N–H and O–H groups in total. The predicted octanol–water partition coefficient (Wildman–Crippen LogP) is 2.94. The van der Waals surface area contributed by atoms with Gasteiger partial charge in [-0.05, 0) is 31.2 Å². The highest BCUT2D eigenvalue weighted by atomic mass is 19.1. The highest BCUT2D eigenvalue weighted by Crippen LogP contribution is 2.23. The third-order valence-corrected chi connectivity index (χ3v) is 4.01. The van der Waals surface area contributed by atoms with Crippen molar-refractivity contribution in [2.45, 2.75) is 6.92 Å². The number of halogens is 2. The van der Waals surface area contributed by atoms with Crippen LogP contribution in [0.2, 0.25) is 0 Å². The van der Waals surface area contributed by atoms with E-state index in [9.17, 15) is 13.6 Å². The standard InChI is InChI=1S/C18H14F2N6O/c1-10-8-15(26(23-10)13-6-5-11(19)9-12(13)20)22-18(27)16-14-4-2-3-7-25(14)24-17(16)21/h2-9H,1H3,(H2,21,24)(H,22,27). The Labute approximate surface area is 152 Å². The van der Waals surface area contributed by atoms with Crippen LogP contribution in [0.3, 0.4) is 0 Å². The number of nitrogen functional groups attached to an aromatic ring is 1. The van der Waals surface area contributed by atoms with Crippen LogP contribution in [0.25, 0.3) is 11.2 Å². The fourth-order valence-corrected chi connectivity index (χ4v) is 2.85. The number of aromatic nitrogens is 4. The molecule has 3 aromatic heterocycles. The second kappa shape index (κ2) is 6.20. The van der Waals surface area contributed by atoms with Crippen LogP contribution in [-0.4, -0.2) is 25.3 Å². The van der Waals surface area contributed by atoms with Crippen LogP contribution in [0.15, 0.2) is 48.7 Å². The zero-order valence-corrected chi connectivity index (χ0v) is 14.1. The molecule has 0 bridgehead atoms. The molecule has 9 heteroatoms. The number of amides is 1. The van der Waals surface area contributed by atoms with Crippen molar-refractivity contribution in [3.8, 4) is 5.69 Å². The van der Waals surface area contributed by atoms with Crippen LogP contribution < -0.4 is 11.1 Å². The Balaban J connectivity index is 1.75. The molecule has 0 spiro atoms. The van der Waals surface area contributed by atoms with Gasteiger partial charge >= 0.3 is 0 Å². The summed E-state index contributed by atoms with van der Waals surface area (Å²) in [6, 6.07) is 9.91. The summed E-state index contributed by atoms with van der Waals surface area (Å²) in [7, 11) is 0. The first kappa shape index (κ1) is 16.7. The molecular formula is C18H14F2N6O. The van der Waals surface area contributed by atoms with Crippen LogP contribution in [0, 0.1) is 18.6 Å². The summed E-state index contributed by atoms with van der Waals surface area (Å²) >= 11 is 0. The minimum absolute atomic E-state index is 0.00707. The van der Waals surface area contributed by atoms with Crippen molar-refractivity contribution in [3.63, 3.8) is 0 Å². The topological polar surface area (TPSA) is 90.2 Å². The van der Waals surface area contributed by atoms with Gasteiger partial charge in [0.25, 0.3) is 5.91 Å². The molecule has 4 rings (SSSR count). The number of anilines is 2. The zero-order chi connectivity index (χ0) is 19.1. The Morgan fingerprint density at radius 1 is 1.15 bits per heavy atom. The summed E-state index contributed by atoms with van der Waals surface area (Å²) in [5.74, 6) is -1.74. The molecule has 1 amide bonds. The monoisotopic (exact) mass is 368 g/mol. The van der Waals surface area contributed by atoms with Crippen molar-refractivity contribution in [2.75, 3.05) is 11.1 Å². The highest BCUT2D eigenvalue weighted by molar-refractivity contribution is 6.12. The third kappa shape index (κ3) is 2.88. The summed E-state index contributed by atoms with van der Waals surface area (Å²) in [5.41, 5.74) is 7.16. The lowest BCUT2D eigenvalue weighted by atomic mass is 10.2. The number of rotatable bonds is 3. The first-order chi connectivity index (χ1) is 12.9. The molecule has 136 valence electrons. The van der Waals surface area contributed by atoms with Gasteiger partial charge in [-0.15, -0.1) is 5.10 Å². The van der Waals surface area contributed by atoms with E-state index in [0.29, 0.717) is 11.2 Å². The Kier molecular flexibility index (Phi) is 3.84. The van der Waals surface area contributed by atoms with E-state index in [1.54, 1.807) is 37.4 Å². The minimum atomic E-state index is -0.802. The molecule has 4 aromatic rings. The van der Waals surface area contributed by atoms with E-state index in [2.05, 4.69) is 15.5 Å². The van der Waals surface area contributed by atoms with E-state index in [0.717, 1.165) is 12.1 Å². The average Bonchev–Trinajstić information content (AvgIpc) is 3.13. The van der Waals surface area contributed by atoms with Gasteiger partial charge in [-0.1, -0.05) is 6.07 Å². The molecule has 27 heavy (non-hydrogen) atoms. The first-order valence-electron chi connectivity index (χ1n) is 8.00. The minimum Gasteiger partial charge on any atom is -0.382 e. The van der Waals surface area contributed by atoms with Gasteiger partial charge in [0.05, 0.1) is 11.2 Å². The molecule has 7 nitrogen and oxygen atoms in total. The SMILES string of the molecule is Cc1cc(NC(=O)c2c(N)nn3ccccc23)n(-c2ccc(F)cc2F)n1. The molecule has 3 heterocycles. The Hall–Kier alpha value is -3.75. The van der Waals surface area contributed by atoms with E-state index in [1.807, 2.05) is 0 Å². The number of hydrogen-bond donors (Lipinski definition) is 2. The van der Waals surface area contributed by atoms with Crippen molar-refractivity contribution in [1.29, 1.82) is 0 Å². The van der Waals surface area contributed by atoms with E-state index in [1.165, 1.54) is 15.3 Å². The van der Waals surface area contributed by atoms with Gasteiger partial charge in [0.2, 0.25) is 0 Å². The van der Waals surface area contributed by atoms with Gasteiger partial charge in [0.15, 0.2) is 11.6 Å². The van der Waals surface area contributed by atoms with Crippen LogP contribution in [-0.2, 0) is 0 Å². The lowest BCUT2D eigenvalue weighted by molar-refractivity contribution is 0.102. The van der Waals surface area contributed by atoms with Crippen LogP contribution in [0.1, 0.15) is 16.1 Å². The molecule has 0 aliphatic heterocycles. The molecule has 0 aliphatic rings. The number of aryl methyl sites for hydroxylation is 1. The second-order valence-electron chi connectivity index (χ2n) is 5.92. The first-order valence-corrected chi connectivity index (χ1v) is 8.00. The fraction of sp³-hybridized carbons (Fsp3) is 0.0556. The quantitative estimate of drug-likeness (QED) is 0.582. The highest BCUT2D eigenvalue weighted by Gasteiger charge is 2.20. The Morgan fingerprint density at radius 2 is 1.96 bits per heavy atom. The predicted molar refractivity (Wildman–Crippen MR) is 95.8 cm³/mol. The van der Waals surface area contributed by atoms with Crippen molar-refractivity contribution in [1.82, 2.24) is 19.4 Å². The normalized spacial score (nSPS) is 11.1. The Bertz CT molecular complexity index is 1180. The Morgan fingerprint density at radius 3 is 2.74 bits per heavy atom. The fourth-order valence-electron chi connectivity index (χ4n) is 2.85. The molecule has 0 saturated heterocycles. The third-order valence-electron chi connectivity index (χ3n) is 4.01. The lowest BCUT2D eigenvalue weighted by Crippen LogP contribution is -2.16. The van der Waals surface area contributed by atoms with Crippen molar-refractivity contribution < 1.29 is 13.6 Å². The van der Waals surface area contributed by atoms with Gasteiger partial charge in [-0.3, -0.25) is 4.79 Å². The van der Waals surface area contributed by atoms with Crippen LogP contribution in [0.4, 0.5) is 20.4 Å². The number of nitrogens with one attached hydrogen (secondary N) is 1. The summed E-state index contributed by atoms with van der Waals surface area (Å²) < 4.78 is 30.0. The van der Waals surface area contributed by atoms with E-state index in [-0.39, 0.29) is 22.9 Å². The average molecular weight is 368 g/mol. The maximum atomic E-state index is 14.2. The number of benzene rings is 1. The zero-order valence-electron chi connectivity index (χ0n) is 14.1. The number of hydrogen-bond acceptors (Lipinski definition) is 4. The summed E-state index contributed by atoms with van der Waals surface area (Å²) in [5, 5.41) is 10.9. The van der Waals surface area contributed by atoms with Gasteiger partial charge < -0.3 is 11.1 Å². The molecule has 0 unspecified atom stereocenters.